The standard InChI is InChI=1S/C15H21ClN2O2/c1-2-20-14-8-7-11(10-12(14)16)18-15(19)13-6-4-3-5-9-17-13/h7-8,10,13,17H,2-6,9H2,1H3,(H,18,19). The Morgan fingerprint density at radius 3 is 3.05 bits per heavy atom. The highest BCUT2D eigenvalue weighted by molar-refractivity contribution is 6.32. The van der Waals surface area contributed by atoms with Gasteiger partial charge in [-0.1, -0.05) is 24.4 Å². The van der Waals surface area contributed by atoms with Crippen LogP contribution in [0.1, 0.15) is 32.6 Å². The van der Waals surface area contributed by atoms with Crippen molar-refractivity contribution in [2.75, 3.05) is 18.5 Å². The Hall–Kier alpha value is -1.26. The SMILES string of the molecule is CCOc1ccc(NC(=O)C2CCCCCN2)cc1Cl. The van der Waals surface area contributed by atoms with E-state index in [1.807, 2.05) is 13.0 Å². The van der Waals surface area contributed by atoms with E-state index in [9.17, 15) is 4.79 Å². The molecule has 1 aromatic carbocycles. The molecule has 0 aromatic heterocycles. The lowest BCUT2D eigenvalue weighted by Crippen LogP contribution is -2.39. The van der Waals surface area contributed by atoms with Gasteiger partial charge in [-0.15, -0.1) is 0 Å². The van der Waals surface area contributed by atoms with E-state index >= 15 is 0 Å². The molecule has 1 atom stereocenters. The van der Waals surface area contributed by atoms with Gasteiger partial charge in [0, 0.05) is 5.69 Å². The van der Waals surface area contributed by atoms with Crippen molar-refractivity contribution in [3.8, 4) is 5.75 Å². The highest BCUT2D eigenvalue weighted by Gasteiger charge is 2.19. The Balaban J connectivity index is 1.98. The smallest absolute Gasteiger partial charge is 0.241 e. The summed E-state index contributed by atoms with van der Waals surface area (Å²) in [5.74, 6) is 0.645. The summed E-state index contributed by atoms with van der Waals surface area (Å²) in [7, 11) is 0. The molecule has 110 valence electrons. The van der Waals surface area contributed by atoms with Crippen LogP contribution in [0.2, 0.25) is 5.02 Å². The first kappa shape index (κ1) is 15.1. The van der Waals surface area contributed by atoms with Gasteiger partial charge in [0.05, 0.1) is 17.7 Å². The van der Waals surface area contributed by atoms with Crippen LogP contribution in [0.15, 0.2) is 18.2 Å². The maximum atomic E-state index is 12.2. The monoisotopic (exact) mass is 296 g/mol. The van der Waals surface area contributed by atoms with E-state index in [0.717, 1.165) is 25.8 Å². The topological polar surface area (TPSA) is 50.4 Å². The minimum Gasteiger partial charge on any atom is -0.492 e. The number of carbonyl (C=O) groups excluding carboxylic acids is 1. The van der Waals surface area contributed by atoms with Crippen molar-refractivity contribution in [2.24, 2.45) is 0 Å². The second kappa shape index (κ2) is 7.50. The van der Waals surface area contributed by atoms with E-state index < -0.39 is 0 Å². The molecule has 2 N–H and O–H groups in total. The van der Waals surface area contributed by atoms with E-state index in [1.54, 1.807) is 12.1 Å². The van der Waals surface area contributed by atoms with Crippen molar-refractivity contribution in [3.63, 3.8) is 0 Å². The fourth-order valence-electron chi connectivity index (χ4n) is 2.33. The van der Waals surface area contributed by atoms with Crippen LogP contribution < -0.4 is 15.4 Å². The molecular formula is C15H21ClN2O2. The zero-order valence-electron chi connectivity index (χ0n) is 11.7. The molecule has 1 unspecified atom stereocenters. The molecule has 4 nitrogen and oxygen atoms in total. The predicted octanol–water partition coefficient (Wildman–Crippen LogP) is 3.21. The van der Waals surface area contributed by atoms with Crippen LogP contribution in [0, 0.1) is 0 Å². The van der Waals surface area contributed by atoms with Crippen LogP contribution in [0.25, 0.3) is 0 Å². The van der Waals surface area contributed by atoms with E-state index in [-0.39, 0.29) is 11.9 Å². The average Bonchev–Trinajstić information content (AvgIpc) is 2.71. The van der Waals surface area contributed by atoms with Crippen molar-refractivity contribution >= 4 is 23.2 Å². The Bertz CT molecular complexity index is 457. The van der Waals surface area contributed by atoms with Gasteiger partial charge in [-0.05, 0) is 44.5 Å². The van der Waals surface area contributed by atoms with Gasteiger partial charge in [0.15, 0.2) is 0 Å². The Kier molecular flexibility index (Phi) is 5.68. The number of carbonyl (C=O) groups is 1. The minimum absolute atomic E-state index is 0.00660. The molecule has 1 aromatic rings. The normalized spacial score (nSPS) is 19.2. The molecule has 1 aliphatic heterocycles. The lowest BCUT2D eigenvalue weighted by atomic mass is 10.1. The summed E-state index contributed by atoms with van der Waals surface area (Å²) in [4.78, 5) is 12.2. The van der Waals surface area contributed by atoms with Crippen LogP contribution in [-0.2, 0) is 4.79 Å². The van der Waals surface area contributed by atoms with Crippen molar-refractivity contribution in [2.45, 2.75) is 38.6 Å². The van der Waals surface area contributed by atoms with Crippen LogP contribution >= 0.6 is 11.6 Å². The van der Waals surface area contributed by atoms with Crippen molar-refractivity contribution in [3.05, 3.63) is 23.2 Å². The molecule has 0 spiro atoms. The van der Waals surface area contributed by atoms with Crippen molar-refractivity contribution in [1.29, 1.82) is 0 Å². The number of rotatable bonds is 4. The maximum Gasteiger partial charge on any atom is 0.241 e. The van der Waals surface area contributed by atoms with Crippen LogP contribution in [-0.4, -0.2) is 25.1 Å². The summed E-state index contributed by atoms with van der Waals surface area (Å²) in [5.41, 5.74) is 0.703. The zero-order chi connectivity index (χ0) is 14.4. The second-order valence-corrected chi connectivity index (χ2v) is 5.33. The number of anilines is 1. The lowest BCUT2D eigenvalue weighted by Gasteiger charge is -2.16. The first-order chi connectivity index (χ1) is 9.70. The molecule has 0 bridgehead atoms. The largest absolute Gasteiger partial charge is 0.492 e. The first-order valence-corrected chi connectivity index (χ1v) is 7.55. The molecule has 5 heteroatoms. The molecular weight excluding hydrogens is 276 g/mol. The summed E-state index contributed by atoms with van der Waals surface area (Å²) in [6.07, 6.45) is 4.30. The third-order valence-corrected chi connectivity index (χ3v) is 3.67. The van der Waals surface area contributed by atoms with Gasteiger partial charge in [0.25, 0.3) is 0 Å². The molecule has 0 saturated carbocycles. The van der Waals surface area contributed by atoms with Crippen molar-refractivity contribution in [1.82, 2.24) is 5.32 Å². The Morgan fingerprint density at radius 1 is 1.45 bits per heavy atom. The van der Waals surface area contributed by atoms with Gasteiger partial charge in [-0.25, -0.2) is 0 Å². The third kappa shape index (κ3) is 4.12. The summed E-state index contributed by atoms with van der Waals surface area (Å²) < 4.78 is 5.37. The molecule has 0 radical (unpaired) electrons. The number of benzene rings is 1. The fraction of sp³-hybridized carbons (Fsp3) is 0.533. The average molecular weight is 297 g/mol. The van der Waals surface area contributed by atoms with Gasteiger partial charge >= 0.3 is 0 Å². The molecule has 1 saturated heterocycles. The van der Waals surface area contributed by atoms with E-state index in [2.05, 4.69) is 10.6 Å². The highest BCUT2D eigenvalue weighted by atomic mass is 35.5. The number of halogens is 1. The molecule has 1 heterocycles. The first-order valence-electron chi connectivity index (χ1n) is 7.17. The van der Waals surface area contributed by atoms with Crippen LogP contribution in [0.5, 0.6) is 5.75 Å². The van der Waals surface area contributed by atoms with Crippen LogP contribution in [0.4, 0.5) is 5.69 Å². The predicted molar refractivity (Wildman–Crippen MR) is 81.5 cm³/mol. The number of hydrogen-bond acceptors (Lipinski definition) is 3. The van der Waals surface area contributed by atoms with Gasteiger partial charge in [-0.3, -0.25) is 4.79 Å². The van der Waals surface area contributed by atoms with Gasteiger partial charge in [-0.2, -0.15) is 0 Å². The van der Waals surface area contributed by atoms with Gasteiger partial charge in [0.1, 0.15) is 5.75 Å². The minimum atomic E-state index is -0.108. The molecule has 1 fully saturated rings. The molecule has 1 amide bonds. The van der Waals surface area contributed by atoms with E-state index in [0.29, 0.717) is 23.1 Å². The second-order valence-electron chi connectivity index (χ2n) is 4.92. The van der Waals surface area contributed by atoms with Crippen LogP contribution in [0.3, 0.4) is 0 Å². The summed E-state index contributed by atoms with van der Waals surface area (Å²) in [6.45, 7) is 3.38. The molecule has 20 heavy (non-hydrogen) atoms. The summed E-state index contributed by atoms with van der Waals surface area (Å²) in [6, 6.07) is 5.21. The summed E-state index contributed by atoms with van der Waals surface area (Å²) in [5, 5.41) is 6.70. The quantitative estimate of drug-likeness (QED) is 0.897. The highest BCUT2D eigenvalue weighted by Crippen LogP contribution is 2.27. The van der Waals surface area contributed by atoms with E-state index in [1.165, 1.54) is 6.42 Å². The third-order valence-electron chi connectivity index (χ3n) is 3.38. The number of nitrogens with one attached hydrogen (secondary N) is 2. The maximum absolute atomic E-state index is 12.2. The molecule has 0 aliphatic carbocycles. The summed E-state index contributed by atoms with van der Waals surface area (Å²) >= 11 is 6.11. The Morgan fingerprint density at radius 2 is 2.30 bits per heavy atom. The molecule has 2 rings (SSSR count). The fourth-order valence-corrected chi connectivity index (χ4v) is 2.57. The van der Waals surface area contributed by atoms with Gasteiger partial charge in [0.2, 0.25) is 5.91 Å². The number of hydrogen-bond donors (Lipinski definition) is 2. The lowest BCUT2D eigenvalue weighted by molar-refractivity contribution is -0.118. The van der Waals surface area contributed by atoms with Crippen molar-refractivity contribution < 1.29 is 9.53 Å². The number of amides is 1. The zero-order valence-corrected chi connectivity index (χ0v) is 12.5. The van der Waals surface area contributed by atoms with E-state index in [4.69, 9.17) is 16.3 Å². The molecule has 1 aliphatic rings. The van der Waals surface area contributed by atoms with Gasteiger partial charge < -0.3 is 15.4 Å². The Labute approximate surface area is 124 Å². The number of ether oxygens (including phenoxy) is 1.